The van der Waals surface area contributed by atoms with Crippen molar-refractivity contribution < 1.29 is 36.3 Å². The van der Waals surface area contributed by atoms with Crippen LogP contribution >= 0.6 is 0 Å². The molecule has 0 aliphatic carbocycles. The summed E-state index contributed by atoms with van der Waals surface area (Å²) < 4.78 is 78.9. The topological polar surface area (TPSA) is 81.6 Å². The van der Waals surface area contributed by atoms with Gasteiger partial charge in [0.2, 0.25) is 5.95 Å². The van der Waals surface area contributed by atoms with Crippen LogP contribution in [0.2, 0.25) is 0 Å². The van der Waals surface area contributed by atoms with Crippen molar-refractivity contribution in [2.75, 3.05) is 22.9 Å². The van der Waals surface area contributed by atoms with E-state index in [1.54, 1.807) is 9.80 Å². The molecule has 2 saturated heterocycles. The Kier molecular flexibility index (Phi) is 4.95. The summed E-state index contributed by atoms with van der Waals surface area (Å²) >= 11 is 0. The zero-order chi connectivity index (χ0) is 22.6. The second-order valence-corrected chi connectivity index (χ2v) is 7.32. The van der Waals surface area contributed by atoms with Gasteiger partial charge in [-0.05, 0) is 24.6 Å². The zero-order valence-electron chi connectivity index (χ0n) is 15.6. The number of hydrogen-bond acceptors (Lipinski definition) is 6. The summed E-state index contributed by atoms with van der Waals surface area (Å²) in [6.45, 7) is 0.499. The van der Waals surface area contributed by atoms with E-state index in [1.165, 1.54) is 17.9 Å². The number of hydroxylamine groups is 1. The van der Waals surface area contributed by atoms with Gasteiger partial charge in [0.25, 0.3) is 5.91 Å². The zero-order valence-corrected chi connectivity index (χ0v) is 15.6. The third kappa shape index (κ3) is 3.96. The molecule has 7 nitrogen and oxygen atoms in total. The fraction of sp³-hybridized carbons (Fsp3) is 0.389. The molecule has 2 bridgehead atoms. The summed E-state index contributed by atoms with van der Waals surface area (Å²) in [7, 11) is 0. The molecule has 0 unspecified atom stereocenters. The summed E-state index contributed by atoms with van der Waals surface area (Å²) in [6, 6.07) is 1.05. The van der Waals surface area contributed by atoms with Gasteiger partial charge in [0.05, 0.1) is 22.7 Å². The molecule has 1 aromatic carbocycles. The van der Waals surface area contributed by atoms with Crippen LogP contribution < -0.4 is 15.3 Å². The van der Waals surface area contributed by atoms with E-state index in [2.05, 4.69) is 9.97 Å². The molecule has 0 saturated carbocycles. The van der Waals surface area contributed by atoms with Gasteiger partial charge in [-0.3, -0.25) is 10.0 Å². The lowest BCUT2D eigenvalue weighted by atomic mass is 10.1. The average Bonchev–Trinajstić information content (AvgIpc) is 3.33. The normalized spacial score (nSPS) is 21.0. The number of hydrogen-bond donors (Lipinski definition) is 2. The molecule has 0 spiro atoms. The first-order chi connectivity index (χ1) is 14.5. The van der Waals surface area contributed by atoms with E-state index >= 15 is 0 Å². The predicted molar refractivity (Wildman–Crippen MR) is 94.6 cm³/mol. The standard InChI is InChI=1S/C18H15F6N5O2/c19-17(20,21)10-1-11(18(22,23)24)3-12(2-10)28-7-14-4-13(28)8-29(14)16-25-5-9(6-26-16)15(30)27-31/h1-3,5-6,13-14,31H,4,7-8H2,(H,27,30)/t13-,14+/m1/s1. The summed E-state index contributed by atoms with van der Waals surface area (Å²) in [4.78, 5) is 22.8. The van der Waals surface area contributed by atoms with Crippen molar-refractivity contribution in [2.24, 2.45) is 0 Å². The molecule has 31 heavy (non-hydrogen) atoms. The fourth-order valence-corrected chi connectivity index (χ4v) is 3.98. The molecule has 1 amide bonds. The second-order valence-electron chi connectivity index (χ2n) is 7.32. The van der Waals surface area contributed by atoms with Crippen LogP contribution in [0.25, 0.3) is 0 Å². The van der Waals surface area contributed by atoms with E-state index < -0.39 is 29.4 Å². The lowest BCUT2D eigenvalue weighted by molar-refractivity contribution is -0.143. The number of halogens is 6. The Bertz CT molecular complexity index is 962. The molecule has 166 valence electrons. The summed E-state index contributed by atoms with van der Waals surface area (Å²) in [5.74, 6) is -0.507. The fourth-order valence-electron chi connectivity index (χ4n) is 3.98. The largest absolute Gasteiger partial charge is 0.416 e. The average molecular weight is 447 g/mol. The molecular weight excluding hydrogens is 432 g/mol. The Morgan fingerprint density at radius 2 is 1.45 bits per heavy atom. The van der Waals surface area contributed by atoms with Crippen molar-refractivity contribution in [3.05, 3.63) is 47.3 Å². The molecule has 1 aromatic heterocycles. The molecule has 2 fully saturated rings. The van der Waals surface area contributed by atoms with E-state index in [4.69, 9.17) is 5.21 Å². The van der Waals surface area contributed by atoms with E-state index in [0.29, 0.717) is 13.0 Å². The van der Waals surface area contributed by atoms with Gasteiger partial charge in [0.15, 0.2) is 0 Å². The minimum Gasteiger partial charge on any atom is -0.365 e. The number of rotatable bonds is 3. The maximum Gasteiger partial charge on any atom is 0.416 e. The highest BCUT2D eigenvalue weighted by Crippen LogP contribution is 2.42. The van der Waals surface area contributed by atoms with Gasteiger partial charge in [-0.1, -0.05) is 0 Å². The number of alkyl halides is 6. The number of carbonyl (C=O) groups is 1. The van der Waals surface area contributed by atoms with Gasteiger partial charge < -0.3 is 9.80 Å². The van der Waals surface area contributed by atoms with Crippen LogP contribution in [-0.2, 0) is 12.4 Å². The summed E-state index contributed by atoms with van der Waals surface area (Å²) in [6.07, 6.45) is -6.88. The highest BCUT2D eigenvalue weighted by Gasteiger charge is 2.46. The number of piperazine rings is 1. The Morgan fingerprint density at radius 3 is 1.90 bits per heavy atom. The first-order valence-electron chi connectivity index (χ1n) is 9.06. The monoisotopic (exact) mass is 447 g/mol. The van der Waals surface area contributed by atoms with E-state index in [1.807, 2.05) is 0 Å². The van der Waals surface area contributed by atoms with Crippen molar-refractivity contribution in [3.63, 3.8) is 0 Å². The van der Waals surface area contributed by atoms with E-state index in [0.717, 1.165) is 12.1 Å². The Hall–Kier alpha value is -3.09. The lowest BCUT2D eigenvalue weighted by Gasteiger charge is -2.36. The summed E-state index contributed by atoms with van der Waals surface area (Å²) in [5, 5.41) is 8.62. The van der Waals surface area contributed by atoms with Crippen LogP contribution in [0.5, 0.6) is 0 Å². The number of anilines is 2. The molecule has 4 rings (SSSR count). The van der Waals surface area contributed by atoms with Crippen molar-refractivity contribution in [2.45, 2.75) is 30.9 Å². The number of nitrogens with one attached hydrogen (secondary N) is 1. The van der Waals surface area contributed by atoms with Crippen molar-refractivity contribution in [1.82, 2.24) is 15.4 Å². The minimum absolute atomic E-state index is 0.0286. The Balaban J connectivity index is 1.57. The SMILES string of the molecule is O=C(NO)c1cnc(N2C[C@H]3C[C@H]2CN3c2cc(C(F)(F)F)cc(C(F)(F)F)c2)nc1. The van der Waals surface area contributed by atoms with Gasteiger partial charge in [-0.2, -0.15) is 26.3 Å². The Labute approximate surface area is 171 Å². The van der Waals surface area contributed by atoms with Crippen molar-refractivity contribution in [3.8, 4) is 0 Å². The maximum absolute atomic E-state index is 13.2. The third-order valence-electron chi connectivity index (χ3n) is 5.40. The maximum atomic E-state index is 13.2. The van der Waals surface area contributed by atoms with Crippen LogP contribution in [0.3, 0.4) is 0 Å². The second kappa shape index (κ2) is 7.25. The predicted octanol–water partition coefficient (Wildman–Crippen LogP) is 3.10. The lowest BCUT2D eigenvalue weighted by Crippen LogP contribution is -2.47. The van der Waals surface area contributed by atoms with Gasteiger partial charge in [0.1, 0.15) is 0 Å². The molecular formula is C18H15F6N5O2. The van der Waals surface area contributed by atoms with E-state index in [9.17, 15) is 31.1 Å². The minimum atomic E-state index is -4.91. The number of fused-ring (bicyclic) bond motifs is 2. The van der Waals surface area contributed by atoms with Crippen molar-refractivity contribution >= 4 is 17.5 Å². The number of benzene rings is 1. The first-order valence-corrected chi connectivity index (χ1v) is 9.06. The van der Waals surface area contributed by atoms with Crippen LogP contribution in [0.1, 0.15) is 27.9 Å². The molecule has 2 aliphatic heterocycles. The highest BCUT2D eigenvalue weighted by atomic mass is 19.4. The molecule has 2 N–H and O–H groups in total. The molecule has 2 aromatic rings. The quantitative estimate of drug-likeness (QED) is 0.428. The molecule has 2 aliphatic rings. The third-order valence-corrected chi connectivity index (χ3v) is 5.40. The number of carbonyl (C=O) groups excluding carboxylic acids is 1. The molecule has 2 atom stereocenters. The van der Waals surface area contributed by atoms with Crippen LogP contribution in [-0.4, -0.2) is 46.3 Å². The van der Waals surface area contributed by atoms with Gasteiger partial charge >= 0.3 is 12.4 Å². The number of aromatic nitrogens is 2. The van der Waals surface area contributed by atoms with Crippen LogP contribution in [0.15, 0.2) is 30.6 Å². The highest BCUT2D eigenvalue weighted by molar-refractivity contribution is 5.92. The van der Waals surface area contributed by atoms with Gasteiger partial charge in [-0.15, -0.1) is 0 Å². The van der Waals surface area contributed by atoms with Gasteiger partial charge in [0, 0.05) is 37.2 Å². The van der Waals surface area contributed by atoms with Crippen LogP contribution in [0, 0.1) is 0 Å². The molecule has 0 radical (unpaired) electrons. The molecule has 3 heterocycles. The first kappa shape index (κ1) is 21.2. The summed E-state index contributed by atoms with van der Waals surface area (Å²) in [5.41, 5.74) is -1.35. The number of nitrogens with zero attached hydrogens (tertiary/aromatic N) is 4. The van der Waals surface area contributed by atoms with Gasteiger partial charge in [-0.25, -0.2) is 15.4 Å². The smallest absolute Gasteiger partial charge is 0.365 e. The van der Waals surface area contributed by atoms with Crippen molar-refractivity contribution in [1.29, 1.82) is 0 Å². The van der Waals surface area contributed by atoms with E-state index in [-0.39, 0.29) is 41.9 Å². The van der Waals surface area contributed by atoms with Crippen LogP contribution in [0.4, 0.5) is 38.0 Å². The Morgan fingerprint density at radius 1 is 0.935 bits per heavy atom. The number of amides is 1. The molecule has 13 heteroatoms.